The fraction of sp³-hybridized carbons (Fsp3) is 0.296. The minimum absolute atomic E-state index is 0.0675. The number of allylic oxidation sites excluding steroid dienone is 1. The summed E-state index contributed by atoms with van der Waals surface area (Å²) < 4.78 is 5.10. The van der Waals surface area contributed by atoms with Gasteiger partial charge >= 0.3 is 5.97 Å². The van der Waals surface area contributed by atoms with Crippen LogP contribution in [0.5, 0.6) is 0 Å². The maximum Gasteiger partial charge on any atom is 0.338 e. The van der Waals surface area contributed by atoms with Gasteiger partial charge in [0.15, 0.2) is 6.61 Å². The number of amides is 4. The number of rotatable bonds is 8. The Morgan fingerprint density at radius 1 is 0.972 bits per heavy atom. The summed E-state index contributed by atoms with van der Waals surface area (Å²) in [5.41, 5.74) is 2.51. The minimum Gasteiger partial charge on any atom is -0.452 e. The summed E-state index contributed by atoms with van der Waals surface area (Å²) >= 11 is 0. The van der Waals surface area contributed by atoms with Crippen molar-refractivity contribution in [1.82, 2.24) is 5.32 Å². The first kappa shape index (κ1) is 24.8. The molecular weight excluding hydrogens is 462 g/mol. The van der Waals surface area contributed by atoms with Crippen LogP contribution in [0.25, 0.3) is 0 Å². The van der Waals surface area contributed by atoms with Gasteiger partial charge < -0.3 is 15.4 Å². The van der Waals surface area contributed by atoms with E-state index in [2.05, 4.69) is 16.7 Å². The van der Waals surface area contributed by atoms with E-state index in [1.54, 1.807) is 24.3 Å². The van der Waals surface area contributed by atoms with Crippen LogP contribution in [-0.2, 0) is 14.3 Å². The number of fused-ring (bicyclic) bond motifs is 1. The molecule has 0 radical (unpaired) electrons. The first-order valence-electron chi connectivity index (χ1n) is 11.9. The van der Waals surface area contributed by atoms with E-state index in [0.29, 0.717) is 17.9 Å². The van der Waals surface area contributed by atoms with Crippen molar-refractivity contribution in [3.8, 4) is 0 Å². The van der Waals surface area contributed by atoms with Gasteiger partial charge in [-0.05, 0) is 74.6 Å². The van der Waals surface area contributed by atoms with E-state index >= 15 is 0 Å². The number of ether oxygens (including phenoxy) is 1. The number of nitrogens with one attached hydrogen (secondary N) is 2. The molecule has 1 aliphatic heterocycles. The second-order valence-corrected chi connectivity index (χ2v) is 8.72. The van der Waals surface area contributed by atoms with E-state index in [0.717, 1.165) is 24.2 Å². The van der Waals surface area contributed by atoms with Gasteiger partial charge in [0, 0.05) is 19.2 Å². The number of esters is 1. The summed E-state index contributed by atoms with van der Waals surface area (Å²) in [6.45, 7) is 1.43. The fourth-order valence-corrected chi connectivity index (χ4v) is 4.26. The maximum atomic E-state index is 13.0. The Balaban J connectivity index is 1.35. The zero-order chi connectivity index (χ0) is 25.7. The molecule has 0 unspecified atom stereocenters. The Kier molecular flexibility index (Phi) is 7.58. The molecule has 9 heteroatoms. The van der Waals surface area contributed by atoms with E-state index < -0.39 is 30.3 Å². The van der Waals surface area contributed by atoms with Gasteiger partial charge in [-0.3, -0.25) is 19.2 Å². The lowest BCUT2D eigenvalue weighted by Crippen LogP contribution is -2.30. The van der Waals surface area contributed by atoms with Gasteiger partial charge in [-0.1, -0.05) is 11.6 Å². The van der Waals surface area contributed by atoms with Crippen LogP contribution in [0.15, 0.2) is 54.1 Å². The summed E-state index contributed by atoms with van der Waals surface area (Å²) in [6, 6.07) is 10.4. The highest BCUT2D eigenvalue weighted by molar-refractivity contribution is 6.34. The molecule has 4 rings (SSSR count). The molecule has 9 nitrogen and oxygen atoms in total. The molecule has 0 saturated heterocycles. The average Bonchev–Trinajstić information content (AvgIpc) is 3.12. The van der Waals surface area contributed by atoms with Gasteiger partial charge in [-0.2, -0.15) is 0 Å². The van der Waals surface area contributed by atoms with Crippen molar-refractivity contribution in [2.75, 3.05) is 23.4 Å². The standard InChI is InChI=1S/C27H27N3O6/c1-17(31)29-20-8-10-21(11-9-20)30-25(33)22-12-7-19(15-23(22)26(30)34)27(35)36-16-24(32)28-14-13-18-5-3-2-4-6-18/h5,7-12,15H,2-4,6,13-14,16H2,1H3,(H,28,32)(H,29,31). The largest absolute Gasteiger partial charge is 0.452 e. The highest BCUT2D eigenvalue weighted by atomic mass is 16.5. The molecule has 0 saturated carbocycles. The Bertz CT molecular complexity index is 1250. The second kappa shape index (κ2) is 11.0. The molecule has 2 aromatic carbocycles. The van der Waals surface area contributed by atoms with Crippen LogP contribution in [0.2, 0.25) is 0 Å². The van der Waals surface area contributed by atoms with Crippen LogP contribution in [-0.4, -0.2) is 42.7 Å². The molecule has 0 aromatic heterocycles. The molecule has 1 aliphatic carbocycles. The Labute approximate surface area is 208 Å². The average molecular weight is 490 g/mol. The third-order valence-electron chi connectivity index (χ3n) is 6.06. The van der Waals surface area contributed by atoms with Crippen LogP contribution >= 0.6 is 0 Å². The molecule has 36 heavy (non-hydrogen) atoms. The minimum atomic E-state index is -0.763. The van der Waals surface area contributed by atoms with E-state index in [-0.39, 0.29) is 22.6 Å². The van der Waals surface area contributed by atoms with Gasteiger partial charge in [0.05, 0.1) is 22.4 Å². The Morgan fingerprint density at radius 3 is 2.42 bits per heavy atom. The molecule has 4 amide bonds. The zero-order valence-corrected chi connectivity index (χ0v) is 20.0. The Hall–Kier alpha value is -4.27. The monoisotopic (exact) mass is 489 g/mol. The lowest BCUT2D eigenvalue weighted by atomic mass is 9.97. The summed E-state index contributed by atoms with van der Waals surface area (Å²) in [7, 11) is 0. The summed E-state index contributed by atoms with van der Waals surface area (Å²) in [5, 5.41) is 5.36. The normalized spacial score (nSPS) is 14.7. The molecule has 1 heterocycles. The van der Waals surface area contributed by atoms with Gasteiger partial charge in [0.1, 0.15) is 0 Å². The highest BCUT2D eigenvalue weighted by Gasteiger charge is 2.37. The number of hydrogen-bond donors (Lipinski definition) is 2. The molecule has 0 bridgehead atoms. The number of nitrogens with zero attached hydrogens (tertiary/aromatic N) is 1. The van der Waals surface area contributed by atoms with Crippen molar-refractivity contribution in [2.24, 2.45) is 0 Å². The lowest BCUT2D eigenvalue weighted by Gasteiger charge is -2.14. The van der Waals surface area contributed by atoms with Crippen LogP contribution < -0.4 is 15.5 Å². The van der Waals surface area contributed by atoms with E-state index in [9.17, 15) is 24.0 Å². The Morgan fingerprint density at radius 2 is 1.72 bits per heavy atom. The predicted molar refractivity (Wildman–Crippen MR) is 133 cm³/mol. The molecule has 2 aromatic rings. The fourth-order valence-electron chi connectivity index (χ4n) is 4.26. The van der Waals surface area contributed by atoms with Crippen molar-refractivity contribution in [3.63, 3.8) is 0 Å². The van der Waals surface area contributed by atoms with Crippen LogP contribution in [0.4, 0.5) is 11.4 Å². The molecular formula is C27H27N3O6. The molecule has 2 aliphatic rings. The predicted octanol–water partition coefficient (Wildman–Crippen LogP) is 3.61. The third-order valence-corrected chi connectivity index (χ3v) is 6.06. The van der Waals surface area contributed by atoms with E-state index in [1.165, 1.54) is 43.5 Å². The molecule has 0 fully saturated rings. The quantitative estimate of drug-likeness (QED) is 0.332. The van der Waals surface area contributed by atoms with Gasteiger partial charge in [0.2, 0.25) is 5.91 Å². The van der Waals surface area contributed by atoms with Crippen molar-refractivity contribution < 1.29 is 28.7 Å². The zero-order valence-electron chi connectivity index (χ0n) is 20.0. The van der Waals surface area contributed by atoms with Crippen molar-refractivity contribution in [2.45, 2.75) is 39.0 Å². The van der Waals surface area contributed by atoms with Crippen molar-refractivity contribution in [1.29, 1.82) is 0 Å². The van der Waals surface area contributed by atoms with Gasteiger partial charge in [-0.15, -0.1) is 0 Å². The lowest BCUT2D eigenvalue weighted by molar-refractivity contribution is -0.124. The van der Waals surface area contributed by atoms with Crippen molar-refractivity contribution >= 4 is 41.0 Å². The number of benzene rings is 2. The second-order valence-electron chi connectivity index (χ2n) is 8.72. The number of hydrogen-bond acceptors (Lipinski definition) is 6. The third kappa shape index (κ3) is 5.68. The smallest absolute Gasteiger partial charge is 0.338 e. The molecule has 0 spiro atoms. The number of carbonyl (C=O) groups is 5. The summed E-state index contributed by atoms with van der Waals surface area (Å²) in [5.74, 6) is -2.50. The molecule has 186 valence electrons. The number of anilines is 2. The van der Waals surface area contributed by atoms with Crippen LogP contribution in [0, 0.1) is 0 Å². The maximum absolute atomic E-state index is 13.0. The topological polar surface area (TPSA) is 122 Å². The van der Waals surface area contributed by atoms with E-state index in [4.69, 9.17) is 4.74 Å². The van der Waals surface area contributed by atoms with Gasteiger partial charge in [-0.25, -0.2) is 9.69 Å². The van der Waals surface area contributed by atoms with Gasteiger partial charge in [0.25, 0.3) is 17.7 Å². The number of imide groups is 1. The first-order valence-corrected chi connectivity index (χ1v) is 11.9. The summed E-state index contributed by atoms with van der Waals surface area (Å²) in [4.78, 5) is 62.5. The SMILES string of the molecule is CC(=O)Nc1ccc(N2C(=O)c3ccc(C(=O)OCC(=O)NCCC4=CCCCC4)cc3C2=O)cc1. The first-order chi connectivity index (χ1) is 17.3. The van der Waals surface area contributed by atoms with Crippen LogP contribution in [0.3, 0.4) is 0 Å². The number of carbonyl (C=O) groups excluding carboxylic acids is 5. The molecule has 0 atom stereocenters. The molecule has 2 N–H and O–H groups in total. The van der Waals surface area contributed by atoms with Crippen LogP contribution in [0.1, 0.15) is 70.1 Å². The summed E-state index contributed by atoms with van der Waals surface area (Å²) in [6.07, 6.45) is 7.53. The highest BCUT2D eigenvalue weighted by Crippen LogP contribution is 2.30. The van der Waals surface area contributed by atoms with Crippen molar-refractivity contribution in [3.05, 3.63) is 70.8 Å². The van der Waals surface area contributed by atoms with E-state index in [1.807, 2.05) is 0 Å².